The summed E-state index contributed by atoms with van der Waals surface area (Å²) in [6.45, 7) is 2.43. The Morgan fingerprint density at radius 2 is 2.32 bits per heavy atom. The molecule has 0 radical (unpaired) electrons. The van der Waals surface area contributed by atoms with Crippen LogP contribution < -0.4 is 15.7 Å². The van der Waals surface area contributed by atoms with Crippen LogP contribution in [0.5, 0.6) is 5.75 Å². The van der Waals surface area contributed by atoms with Gasteiger partial charge in [0.2, 0.25) is 5.95 Å². The third-order valence-electron chi connectivity index (χ3n) is 3.44. The molecule has 0 aliphatic heterocycles. The van der Waals surface area contributed by atoms with Crippen molar-refractivity contribution in [1.29, 1.82) is 0 Å². The second-order valence-electron chi connectivity index (χ2n) is 4.96. The number of aromatic amines is 1. The van der Waals surface area contributed by atoms with E-state index in [-0.39, 0.29) is 11.5 Å². The van der Waals surface area contributed by atoms with Gasteiger partial charge in [-0.1, -0.05) is 5.10 Å². The van der Waals surface area contributed by atoms with E-state index in [2.05, 4.69) is 30.9 Å². The van der Waals surface area contributed by atoms with Crippen LogP contribution in [-0.2, 0) is 0 Å². The molecule has 1 amide bonds. The summed E-state index contributed by atoms with van der Waals surface area (Å²) < 4.78 is 7.70. The molecule has 4 aromatic rings. The van der Waals surface area contributed by atoms with Gasteiger partial charge in [0.1, 0.15) is 10.6 Å². The monoisotopic (exact) mass is 357 g/mol. The minimum atomic E-state index is -0.472. The number of rotatable bonds is 4. The Morgan fingerprint density at radius 3 is 3.08 bits per heavy atom. The lowest BCUT2D eigenvalue weighted by Crippen LogP contribution is -2.21. The highest BCUT2D eigenvalue weighted by Gasteiger charge is 2.18. The van der Waals surface area contributed by atoms with E-state index in [1.807, 2.05) is 13.0 Å². The molecule has 0 aliphatic rings. The van der Waals surface area contributed by atoms with Gasteiger partial charge < -0.3 is 4.74 Å². The van der Waals surface area contributed by atoms with Gasteiger partial charge in [-0.2, -0.15) is 0 Å². The predicted octanol–water partition coefficient (Wildman–Crippen LogP) is 1.07. The number of nitrogens with zero attached hydrogens (tertiary/aromatic N) is 5. The Hall–Kier alpha value is -3.34. The van der Waals surface area contributed by atoms with Crippen LogP contribution in [0.2, 0.25) is 0 Å². The first-order valence-electron chi connectivity index (χ1n) is 7.29. The first-order valence-corrected chi connectivity index (χ1v) is 8.11. The van der Waals surface area contributed by atoms with Crippen LogP contribution in [-0.4, -0.2) is 42.5 Å². The highest BCUT2D eigenvalue weighted by atomic mass is 32.1. The van der Waals surface area contributed by atoms with E-state index < -0.39 is 11.6 Å². The van der Waals surface area contributed by atoms with E-state index in [4.69, 9.17) is 4.74 Å². The molecule has 10 nitrogen and oxygen atoms in total. The molecular weight excluding hydrogens is 346 g/mol. The summed E-state index contributed by atoms with van der Waals surface area (Å²) in [7, 11) is 0. The van der Waals surface area contributed by atoms with Crippen LogP contribution in [0, 0.1) is 0 Å². The lowest BCUT2D eigenvalue weighted by Gasteiger charge is -2.03. The Labute approximate surface area is 143 Å². The Morgan fingerprint density at radius 1 is 1.44 bits per heavy atom. The van der Waals surface area contributed by atoms with Crippen LogP contribution in [0.25, 0.3) is 15.0 Å². The van der Waals surface area contributed by atoms with Crippen molar-refractivity contribution in [2.24, 2.45) is 0 Å². The predicted molar refractivity (Wildman–Crippen MR) is 90.1 cm³/mol. The maximum Gasteiger partial charge on any atom is 0.353 e. The van der Waals surface area contributed by atoms with Gasteiger partial charge >= 0.3 is 5.69 Å². The van der Waals surface area contributed by atoms with Crippen molar-refractivity contribution in [3.05, 3.63) is 40.4 Å². The Bertz CT molecular complexity index is 1130. The zero-order valence-electron chi connectivity index (χ0n) is 12.9. The molecule has 2 N–H and O–H groups in total. The number of fused-ring (bicyclic) bond motifs is 3. The van der Waals surface area contributed by atoms with Crippen LogP contribution in [0.3, 0.4) is 0 Å². The average molecular weight is 357 g/mol. The molecule has 0 atom stereocenters. The van der Waals surface area contributed by atoms with E-state index in [1.165, 1.54) is 21.9 Å². The fourth-order valence-electron chi connectivity index (χ4n) is 2.42. The van der Waals surface area contributed by atoms with Crippen molar-refractivity contribution in [1.82, 2.24) is 30.0 Å². The molecule has 0 fully saturated rings. The van der Waals surface area contributed by atoms with E-state index >= 15 is 0 Å². The summed E-state index contributed by atoms with van der Waals surface area (Å²) in [4.78, 5) is 29.0. The molecule has 3 aromatic heterocycles. The summed E-state index contributed by atoms with van der Waals surface area (Å²) in [5.41, 5.74) is 0.454. The zero-order valence-corrected chi connectivity index (χ0v) is 13.7. The summed E-state index contributed by atoms with van der Waals surface area (Å²) >= 11 is 1.30. The van der Waals surface area contributed by atoms with Crippen molar-refractivity contribution >= 4 is 38.2 Å². The lowest BCUT2D eigenvalue weighted by molar-refractivity contribution is 0.102. The largest absolute Gasteiger partial charge is 0.494 e. The smallest absolute Gasteiger partial charge is 0.353 e. The van der Waals surface area contributed by atoms with Crippen molar-refractivity contribution < 1.29 is 9.53 Å². The van der Waals surface area contributed by atoms with Gasteiger partial charge in [-0.25, -0.2) is 19.3 Å². The number of H-pyrrole nitrogens is 1. The number of thiazole rings is 1. The van der Waals surface area contributed by atoms with E-state index in [1.54, 1.807) is 12.1 Å². The van der Waals surface area contributed by atoms with Gasteiger partial charge in [-0.3, -0.25) is 10.1 Å². The molecule has 0 saturated heterocycles. The van der Waals surface area contributed by atoms with Crippen molar-refractivity contribution in [3.63, 3.8) is 0 Å². The van der Waals surface area contributed by atoms with Crippen molar-refractivity contribution in [3.8, 4) is 5.75 Å². The maximum absolute atomic E-state index is 12.5. The van der Waals surface area contributed by atoms with Crippen molar-refractivity contribution in [2.75, 3.05) is 11.9 Å². The van der Waals surface area contributed by atoms with E-state index in [9.17, 15) is 9.59 Å². The SMILES string of the molecule is CCOc1ccc2c(c1)sc1c(C(=O)Nc3nnn[nH]3)cnc(=O)n12. The molecule has 4 rings (SSSR count). The van der Waals surface area contributed by atoms with E-state index in [0.29, 0.717) is 22.7 Å². The highest BCUT2D eigenvalue weighted by molar-refractivity contribution is 7.24. The topological polar surface area (TPSA) is 127 Å². The summed E-state index contributed by atoms with van der Waals surface area (Å²) in [6, 6.07) is 5.38. The Kier molecular flexibility index (Phi) is 3.61. The lowest BCUT2D eigenvalue weighted by atomic mass is 10.3. The number of aromatic nitrogens is 6. The summed E-state index contributed by atoms with van der Waals surface area (Å²) in [5.74, 6) is 0.329. The molecule has 25 heavy (non-hydrogen) atoms. The number of carbonyl (C=O) groups is 1. The number of carbonyl (C=O) groups excluding carboxylic acids is 1. The third-order valence-corrected chi connectivity index (χ3v) is 4.58. The number of tetrazole rings is 1. The second-order valence-corrected chi connectivity index (χ2v) is 5.99. The molecular formula is C14H11N7O3S. The van der Waals surface area contributed by atoms with Crippen LogP contribution >= 0.6 is 11.3 Å². The molecule has 3 heterocycles. The maximum atomic E-state index is 12.5. The van der Waals surface area contributed by atoms with Gasteiger partial charge in [0.15, 0.2) is 0 Å². The molecule has 0 unspecified atom stereocenters. The number of hydrogen-bond acceptors (Lipinski definition) is 8. The molecule has 0 bridgehead atoms. The summed E-state index contributed by atoms with van der Waals surface area (Å²) in [6.07, 6.45) is 1.25. The van der Waals surface area contributed by atoms with Crippen LogP contribution in [0.15, 0.2) is 29.2 Å². The molecule has 11 heteroatoms. The van der Waals surface area contributed by atoms with Crippen LogP contribution in [0.1, 0.15) is 17.3 Å². The van der Waals surface area contributed by atoms with Gasteiger partial charge in [0.25, 0.3) is 5.91 Å². The number of hydrogen-bond donors (Lipinski definition) is 2. The average Bonchev–Trinajstić information content (AvgIpc) is 3.22. The third kappa shape index (κ3) is 2.59. The quantitative estimate of drug-likeness (QED) is 0.559. The highest BCUT2D eigenvalue weighted by Crippen LogP contribution is 2.30. The van der Waals surface area contributed by atoms with Crippen LogP contribution in [0.4, 0.5) is 5.95 Å². The van der Waals surface area contributed by atoms with E-state index in [0.717, 1.165) is 4.70 Å². The molecule has 0 aliphatic carbocycles. The molecule has 126 valence electrons. The minimum Gasteiger partial charge on any atom is -0.494 e. The van der Waals surface area contributed by atoms with Gasteiger partial charge in [-0.05, 0) is 35.5 Å². The normalized spacial score (nSPS) is 11.1. The number of nitrogens with one attached hydrogen (secondary N) is 2. The standard InChI is InChI=1S/C14H11N7O3S/c1-2-24-7-3-4-9-10(5-7)25-12-8(6-15-14(23)21(9)12)11(22)16-13-17-19-20-18-13/h3-6H,2H2,1H3,(H2,16,17,18,19,20,22). The zero-order chi connectivity index (χ0) is 17.4. The molecule has 0 saturated carbocycles. The fourth-order valence-corrected chi connectivity index (χ4v) is 3.59. The van der Waals surface area contributed by atoms with Gasteiger partial charge in [-0.15, -0.1) is 11.3 Å². The number of ether oxygens (including phenoxy) is 1. The first kappa shape index (κ1) is 15.2. The number of amides is 1. The Balaban J connectivity index is 1.88. The fraction of sp³-hybridized carbons (Fsp3) is 0.143. The van der Waals surface area contributed by atoms with Gasteiger partial charge in [0, 0.05) is 6.20 Å². The molecule has 1 aromatic carbocycles. The molecule has 0 spiro atoms. The van der Waals surface area contributed by atoms with Crippen molar-refractivity contribution in [2.45, 2.75) is 6.92 Å². The van der Waals surface area contributed by atoms with Gasteiger partial charge in [0.05, 0.1) is 22.4 Å². The first-order chi connectivity index (χ1) is 12.2. The number of anilines is 1. The summed E-state index contributed by atoms with van der Waals surface area (Å²) in [5, 5.41) is 15.3. The number of benzene rings is 1. The second kappa shape index (κ2) is 5.94. The minimum absolute atomic E-state index is 0.106.